The summed E-state index contributed by atoms with van der Waals surface area (Å²) in [5.41, 5.74) is 1.44. The van der Waals surface area contributed by atoms with Crippen LogP contribution < -0.4 is 5.56 Å². The summed E-state index contributed by atoms with van der Waals surface area (Å²) in [6.45, 7) is 0. The third kappa shape index (κ3) is 3.45. The van der Waals surface area contributed by atoms with E-state index in [-0.39, 0.29) is 38.3 Å². The van der Waals surface area contributed by atoms with Crippen molar-refractivity contribution < 1.29 is 32.7 Å². The average Bonchev–Trinajstić information content (AvgIpc) is 2.28. The Kier molecular flexibility index (Phi) is 6.52. The summed E-state index contributed by atoms with van der Waals surface area (Å²) in [5.74, 6) is 0. The van der Waals surface area contributed by atoms with E-state index in [1.807, 2.05) is 34.7 Å². The monoisotopic (exact) mass is 511 g/mol. The Labute approximate surface area is 157 Å². The first kappa shape index (κ1) is 16.8. The van der Waals surface area contributed by atoms with Crippen molar-refractivity contribution in [3.8, 4) is 11.3 Å². The van der Waals surface area contributed by atoms with Gasteiger partial charge in [0.1, 0.15) is 0 Å². The predicted octanol–water partition coefficient (Wildman–Crippen LogP) is 3.87. The van der Waals surface area contributed by atoms with Gasteiger partial charge in [-0.3, -0.25) is 4.79 Å². The molecule has 0 amide bonds. The molecule has 0 aliphatic rings. The summed E-state index contributed by atoms with van der Waals surface area (Å²) >= 11 is 11.5. The first-order chi connectivity index (χ1) is 8.00. The van der Waals surface area contributed by atoms with E-state index in [9.17, 15) is 4.79 Å². The minimum Gasteiger partial charge on any atom is -0.344 e. The van der Waals surface area contributed by atoms with Crippen molar-refractivity contribution in [1.82, 2.24) is 4.57 Å². The summed E-state index contributed by atoms with van der Waals surface area (Å²) in [5, 5.41) is 0.590. The van der Waals surface area contributed by atoms with Crippen LogP contribution in [0.2, 0.25) is 5.02 Å². The number of hydrogen-bond donors (Lipinski definition) is 0. The van der Waals surface area contributed by atoms with Crippen LogP contribution in [-0.4, -0.2) is 4.57 Å². The molecular formula is C12H7BrClINOY-. The Hall–Kier alpha value is 0.774. The van der Waals surface area contributed by atoms with Gasteiger partial charge in [0, 0.05) is 44.2 Å². The van der Waals surface area contributed by atoms with E-state index in [4.69, 9.17) is 11.6 Å². The van der Waals surface area contributed by atoms with E-state index < -0.39 is 0 Å². The van der Waals surface area contributed by atoms with E-state index >= 15 is 0 Å². The molecule has 6 heteroatoms. The number of hydrogen-bond acceptors (Lipinski definition) is 1. The second kappa shape index (κ2) is 6.98. The molecule has 0 fully saturated rings. The molecule has 2 aromatic rings. The number of nitrogens with zero attached hydrogens (tertiary/aromatic N) is 1. The van der Waals surface area contributed by atoms with Crippen molar-refractivity contribution in [3.05, 3.63) is 53.8 Å². The van der Waals surface area contributed by atoms with Crippen molar-refractivity contribution in [2.24, 2.45) is 7.05 Å². The van der Waals surface area contributed by atoms with Crippen LogP contribution in [0.15, 0.2) is 33.5 Å². The topological polar surface area (TPSA) is 22.0 Å². The average molecular weight is 512 g/mol. The van der Waals surface area contributed by atoms with Crippen LogP contribution in [0.25, 0.3) is 11.3 Å². The van der Waals surface area contributed by atoms with Gasteiger partial charge in [0.25, 0.3) is 0 Å². The molecule has 1 radical (unpaired) electrons. The third-order valence-electron chi connectivity index (χ3n) is 2.37. The fourth-order valence-corrected chi connectivity index (χ4v) is 2.77. The van der Waals surface area contributed by atoms with Crippen LogP contribution in [-0.2, 0) is 39.8 Å². The summed E-state index contributed by atoms with van der Waals surface area (Å²) in [6, 6.07) is 10.3. The van der Waals surface area contributed by atoms with Crippen LogP contribution in [0.3, 0.4) is 0 Å². The number of halogens is 3. The molecule has 18 heavy (non-hydrogen) atoms. The molecule has 0 aliphatic carbocycles. The van der Waals surface area contributed by atoms with Crippen LogP contribution in [0.1, 0.15) is 0 Å². The Bertz CT molecular complexity index is 644. The molecule has 0 spiro atoms. The van der Waals surface area contributed by atoms with Crippen molar-refractivity contribution in [3.63, 3.8) is 0 Å². The Morgan fingerprint density at radius 1 is 1.44 bits per heavy atom. The molecular weight excluding hydrogens is 505 g/mol. The van der Waals surface area contributed by atoms with E-state index in [1.165, 1.54) is 0 Å². The zero-order chi connectivity index (χ0) is 12.6. The van der Waals surface area contributed by atoms with Crippen molar-refractivity contribution in [2.45, 2.75) is 0 Å². The molecule has 0 N–H and O–H groups in total. The maximum absolute atomic E-state index is 11.8. The standard InChI is InChI=1S/C12H7BrClINO.Y/c1-16-11(5-4-10(15)12(16)17)8-3-2-7(13)6-9(8)14;/h2-4,6H,1H3;/q-1;. The number of rotatable bonds is 1. The minimum atomic E-state index is -0.0432. The Morgan fingerprint density at radius 2 is 2.11 bits per heavy atom. The van der Waals surface area contributed by atoms with Crippen LogP contribution >= 0.6 is 50.1 Å². The molecule has 0 bridgehead atoms. The predicted molar refractivity (Wildman–Crippen MR) is 81.4 cm³/mol. The normalized spacial score (nSPS) is 10.0. The molecule has 0 aliphatic heterocycles. The molecule has 2 nitrogen and oxygen atoms in total. The van der Waals surface area contributed by atoms with Gasteiger partial charge in [-0.2, -0.15) is 12.1 Å². The van der Waals surface area contributed by atoms with Gasteiger partial charge in [0.15, 0.2) is 0 Å². The van der Waals surface area contributed by atoms with Gasteiger partial charge in [-0.15, -0.1) is 28.7 Å². The molecule has 1 heterocycles. The summed E-state index contributed by atoms with van der Waals surface area (Å²) < 4.78 is 3.10. The summed E-state index contributed by atoms with van der Waals surface area (Å²) in [7, 11) is 1.72. The Balaban J connectivity index is 0.00000162. The van der Waals surface area contributed by atoms with Gasteiger partial charge in [-0.1, -0.05) is 44.9 Å². The van der Waals surface area contributed by atoms with Crippen molar-refractivity contribution in [1.29, 1.82) is 0 Å². The van der Waals surface area contributed by atoms with Gasteiger partial charge < -0.3 is 4.57 Å². The van der Waals surface area contributed by atoms with Gasteiger partial charge in [0.2, 0.25) is 5.56 Å². The molecule has 0 atom stereocenters. The number of pyridine rings is 1. The quantitative estimate of drug-likeness (QED) is 0.420. The molecule has 0 saturated carbocycles. The fourth-order valence-electron chi connectivity index (χ4n) is 1.49. The first-order valence-electron chi connectivity index (χ1n) is 4.73. The molecule has 1 aromatic heterocycles. The number of benzene rings is 1. The van der Waals surface area contributed by atoms with Crippen LogP contribution in [0.4, 0.5) is 0 Å². The van der Waals surface area contributed by atoms with E-state index in [0.717, 1.165) is 10.0 Å². The van der Waals surface area contributed by atoms with Crippen molar-refractivity contribution >= 4 is 50.1 Å². The molecule has 91 valence electrons. The maximum atomic E-state index is 11.8. The SMILES string of the molecule is Cn1c(-c2ccc(Br)cc2Cl)[c-]cc(I)c1=O.[Y]. The second-order valence-corrected chi connectivity index (χ2v) is 5.96. The van der Waals surface area contributed by atoms with Crippen molar-refractivity contribution in [2.75, 3.05) is 0 Å². The van der Waals surface area contributed by atoms with Gasteiger partial charge >= 0.3 is 0 Å². The maximum Gasteiger partial charge on any atom is 0.207 e. The molecule has 0 saturated heterocycles. The third-order valence-corrected chi connectivity index (χ3v) is 3.95. The zero-order valence-corrected chi connectivity index (χ0v) is 16.7. The number of aromatic nitrogens is 1. The van der Waals surface area contributed by atoms with Gasteiger partial charge in [-0.05, 0) is 14.7 Å². The molecule has 2 rings (SSSR count). The van der Waals surface area contributed by atoms with Crippen LogP contribution in [0.5, 0.6) is 0 Å². The Morgan fingerprint density at radius 3 is 2.72 bits per heavy atom. The van der Waals surface area contributed by atoms with E-state index in [0.29, 0.717) is 14.3 Å². The summed E-state index contributed by atoms with van der Waals surface area (Å²) in [6.07, 6.45) is 0. The first-order valence-corrected chi connectivity index (χ1v) is 6.98. The van der Waals surface area contributed by atoms with E-state index in [1.54, 1.807) is 23.7 Å². The van der Waals surface area contributed by atoms with Gasteiger partial charge in [-0.25, -0.2) is 0 Å². The fraction of sp³-hybridized carbons (Fsp3) is 0.0833. The van der Waals surface area contributed by atoms with E-state index in [2.05, 4.69) is 22.0 Å². The van der Waals surface area contributed by atoms with Crippen LogP contribution in [0, 0.1) is 9.64 Å². The zero-order valence-electron chi connectivity index (χ0n) is 9.38. The second-order valence-electron chi connectivity index (χ2n) is 3.47. The largest absolute Gasteiger partial charge is 0.344 e. The minimum absolute atomic E-state index is 0. The molecule has 1 aromatic carbocycles. The smallest absolute Gasteiger partial charge is 0.207 e. The summed E-state index contributed by atoms with van der Waals surface area (Å²) in [4.78, 5) is 11.8. The van der Waals surface area contributed by atoms with Gasteiger partial charge in [0.05, 0.1) is 0 Å². The molecule has 0 unspecified atom stereocenters.